The molecule has 0 saturated carbocycles. The number of nitrogens with zero attached hydrogens (tertiary/aromatic N) is 1. The lowest BCUT2D eigenvalue weighted by Crippen LogP contribution is -2.39. The Kier molecular flexibility index (Phi) is 4.97. The highest BCUT2D eigenvalue weighted by molar-refractivity contribution is 5.84. The van der Waals surface area contributed by atoms with Gasteiger partial charge in [0.15, 0.2) is 0 Å². The van der Waals surface area contributed by atoms with E-state index in [1.807, 2.05) is 6.92 Å². The highest BCUT2D eigenvalue weighted by Crippen LogP contribution is 2.16. The van der Waals surface area contributed by atoms with Gasteiger partial charge in [0.1, 0.15) is 0 Å². The second-order valence-corrected chi connectivity index (χ2v) is 5.46. The second kappa shape index (κ2) is 6.03. The second-order valence-electron chi connectivity index (χ2n) is 5.46. The van der Waals surface area contributed by atoms with Crippen LogP contribution < -0.4 is 5.32 Å². The Labute approximate surface area is 104 Å². The zero-order valence-electron chi connectivity index (χ0n) is 11.1. The first-order valence-electron chi connectivity index (χ1n) is 6.49. The van der Waals surface area contributed by atoms with Crippen LogP contribution in [0.25, 0.3) is 0 Å². The molecule has 0 spiro atoms. The largest absolute Gasteiger partial charge is 0.481 e. The summed E-state index contributed by atoms with van der Waals surface area (Å²) < 4.78 is 0. The van der Waals surface area contributed by atoms with E-state index in [1.54, 1.807) is 0 Å². The predicted octanol–water partition coefficient (Wildman–Crippen LogP) is 2.44. The fraction of sp³-hybridized carbons (Fsp3) is 0.846. The number of hydrogen-bond acceptors (Lipinski definition) is 3. The Morgan fingerprint density at radius 2 is 2.24 bits per heavy atom. The molecule has 0 aromatic heterocycles. The molecular formula is C13H24N2O2. The van der Waals surface area contributed by atoms with E-state index < -0.39 is 5.97 Å². The van der Waals surface area contributed by atoms with E-state index in [9.17, 15) is 4.79 Å². The van der Waals surface area contributed by atoms with Gasteiger partial charge >= 0.3 is 5.97 Å². The molecule has 1 aliphatic heterocycles. The fourth-order valence-electron chi connectivity index (χ4n) is 2.09. The van der Waals surface area contributed by atoms with E-state index in [1.165, 1.54) is 0 Å². The summed E-state index contributed by atoms with van der Waals surface area (Å²) in [5, 5.41) is 12.3. The number of carboxylic acids is 1. The van der Waals surface area contributed by atoms with Crippen LogP contribution in [0, 0.1) is 5.92 Å². The highest BCUT2D eigenvalue weighted by Gasteiger charge is 2.24. The van der Waals surface area contributed by atoms with Crippen molar-refractivity contribution in [1.29, 1.82) is 0 Å². The average molecular weight is 240 g/mol. The zero-order chi connectivity index (χ0) is 12.9. The van der Waals surface area contributed by atoms with Gasteiger partial charge in [0.2, 0.25) is 0 Å². The molecule has 1 heterocycles. The highest BCUT2D eigenvalue weighted by atomic mass is 16.4. The third-order valence-electron chi connectivity index (χ3n) is 3.21. The first-order chi connectivity index (χ1) is 7.94. The normalized spacial score (nSPS) is 19.6. The summed E-state index contributed by atoms with van der Waals surface area (Å²) in [6, 6.07) is 0. The molecular weight excluding hydrogens is 216 g/mol. The number of aliphatic carboxylic acids is 1. The average Bonchev–Trinajstić information content (AvgIpc) is 2.58. The number of aliphatic imine (C=N–C) groups is 1. The quantitative estimate of drug-likeness (QED) is 0.672. The lowest BCUT2D eigenvalue weighted by molar-refractivity contribution is -0.142. The van der Waals surface area contributed by atoms with Crippen molar-refractivity contribution in [3.05, 3.63) is 0 Å². The molecule has 1 aliphatic rings. The van der Waals surface area contributed by atoms with E-state index in [2.05, 4.69) is 24.2 Å². The molecule has 0 amide bonds. The van der Waals surface area contributed by atoms with Gasteiger partial charge < -0.3 is 10.4 Å². The Bertz CT molecular complexity index is 298. The molecule has 1 unspecified atom stereocenters. The predicted molar refractivity (Wildman–Crippen MR) is 69.4 cm³/mol. The lowest BCUT2D eigenvalue weighted by atomic mass is 9.99. The first-order valence-corrected chi connectivity index (χ1v) is 6.49. The molecule has 4 heteroatoms. The lowest BCUT2D eigenvalue weighted by Gasteiger charge is -2.18. The molecule has 4 nitrogen and oxygen atoms in total. The minimum Gasteiger partial charge on any atom is -0.481 e. The Hall–Kier alpha value is -1.06. The van der Waals surface area contributed by atoms with Gasteiger partial charge in [0.25, 0.3) is 0 Å². The molecule has 0 radical (unpaired) electrons. The van der Waals surface area contributed by atoms with Crippen molar-refractivity contribution in [2.75, 3.05) is 6.54 Å². The van der Waals surface area contributed by atoms with Crippen LogP contribution in [0.4, 0.5) is 0 Å². The van der Waals surface area contributed by atoms with Gasteiger partial charge in [0, 0.05) is 6.42 Å². The summed E-state index contributed by atoms with van der Waals surface area (Å²) in [6.45, 7) is 7.06. The van der Waals surface area contributed by atoms with Crippen LogP contribution in [0.15, 0.2) is 4.99 Å². The van der Waals surface area contributed by atoms with Gasteiger partial charge in [-0.3, -0.25) is 9.79 Å². The fourth-order valence-corrected chi connectivity index (χ4v) is 2.09. The maximum absolute atomic E-state index is 10.8. The smallest absolute Gasteiger partial charge is 0.306 e. The van der Waals surface area contributed by atoms with Crippen molar-refractivity contribution >= 4 is 11.8 Å². The number of amidine groups is 1. The molecule has 98 valence electrons. The van der Waals surface area contributed by atoms with Crippen molar-refractivity contribution in [3.63, 3.8) is 0 Å². The van der Waals surface area contributed by atoms with Crippen LogP contribution in [0.1, 0.15) is 52.9 Å². The molecule has 0 aliphatic carbocycles. The van der Waals surface area contributed by atoms with Crippen molar-refractivity contribution in [2.24, 2.45) is 10.9 Å². The summed E-state index contributed by atoms with van der Waals surface area (Å²) in [6.07, 6.45) is 4.43. The van der Waals surface area contributed by atoms with E-state index >= 15 is 0 Å². The Balaban J connectivity index is 2.15. The number of unbranched alkanes of at least 4 members (excludes halogenated alkanes) is 1. The third-order valence-corrected chi connectivity index (χ3v) is 3.21. The molecule has 0 saturated heterocycles. The third kappa shape index (κ3) is 4.75. The standard InChI is InChI=1S/C13H24N2O2/c1-4-10(12(16)17)7-5-6-8-11-14-9-13(2,3)15-11/h10H,4-9H2,1-3H3,(H,14,15)(H,16,17). The van der Waals surface area contributed by atoms with Crippen molar-refractivity contribution in [1.82, 2.24) is 5.32 Å². The van der Waals surface area contributed by atoms with Gasteiger partial charge in [-0.2, -0.15) is 0 Å². The number of nitrogens with one attached hydrogen (secondary N) is 1. The van der Waals surface area contributed by atoms with Crippen LogP contribution in [0.2, 0.25) is 0 Å². The molecule has 17 heavy (non-hydrogen) atoms. The zero-order valence-corrected chi connectivity index (χ0v) is 11.1. The van der Waals surface area contributed by atoms with E-state index in [-0.39, 0.29) is 11.5 Å². The maximum Gasteiger partial charge on any atom is 0.306 e. The van der Waals surface area contributed by atoms with Gasteiger partial charge in [-0.1, -0.05) is 13.3 Å². The Morgan fingerprint density at radius 1 is 1.53 bits per heavy atom. The first kappa shape index (κ1) is 14.0. The van der Waals surface area contributed by atoms with Crippen LogP contribution in [-0.2, 0) is 4.79 Å². The molecule has 0 aromatic carbocycles. The van der Waals surface area contributed by atoms with Gasteiger partial charge in [-0.15, -0.1) is 0 Å². The van der Waals surface area contributed by atoms with Crippen LogP contribution >= 0.6 is 0 Å². The topological polar surface area (TPSA) is 61.7 Å². The van der Waals surface area contributed by atoms with Crippen molar-refractivity contribution in [3.8, 4) is 0 Å². The maximum atomic E-state index is 10.8. The van der Waals surface area contributed by atoms with Crippen molar-refractivity contribution in [2.45, 2.75) is 58.4 Å². The number of carboxylic acid groups (broad SMARTS) is 1. The van der Waals surface area contributed by atoms with E-state index in [0.29, 0.717) is 0 Å². The SMILES string of the molecule is CCC(CCCCC1=NCC(C)(C)N1)C(=O)O. The summed E-state index contributed by atoms with van der Waals surface area (Å²) >= 11 is 0. The van der Waals surface area contributed by atoms with Gasteiger partial charge in [-0.25, -0.2) is 0 Å². The van der Waals surface area contributed by atoms with Gasteiger partial charge in [0.05, 0.1) is 23.8 Å². The van der Waals surface area contributed by atoms with Crippen LogP contribution in [0.3, 0.4) is 0 Å². The molecule has 1 atom stereocenters. The summed E-state index contributed by atoms with van der Waals surface area (Å²) in [5.41, 5.74) is 0.0996. The molecule has 2 N–H and O–H groups in total. The van der Waals surface area contributed by atoms with Crippen LogP contribution in [0.5, 0.6) is 0 Å². The summed E-state index contributed by atoms with van der Waals surface area (Å²) in [4.78, 5) is 15.3. The minimum absolute atomic E-state index is 0.0996. The Morgan fingerprint density at radius 3 is 2.71 bits per heavy atom. The monoisotopic (exact) mass is 240 g/mol. The summed E-state index contributed by atoms with van der Waals surface area (Å²) in [7, 11) is 0. The molecule has 0 bridgehead atoms. The number of hydrogen-bond donors (Lipinski definition) is 2. The summed E-state index contributed by atoms with van der Waals surface area (Å²) in [5.74, 6) is 0.244. The van der Waals surface area contributed by atoms with Crippen LogP contribution in [-0.4, -0.2) is 29.0 Å². The molecule has 0 fully saturated rings. The molecule has 0 aromatic rings. The van der Waals surface area contributed by atoms with Gasteiger partial charge in [-0.05, 0) is 33.1 Å². The van der Waals surface area contributed by atoms with Crippen molar-refractivity contribution < 1.29 is 9.90 Å². The number of carbonyl (C=O) groups is 1. The van der Waals surface area contributed by atoms with E-state index in [4.69, 9.17) is 5.11 Å². The number of rotatable bonds is 7. The van der Waals surface area contributed by atoms with E-state index in [0.717, 1.165) is 44.5 Å². The minimum atomic E-state index is -0.662. The molecule has 1 rings (SSSR count).